The average Bonchev–Trinajstić information content (AvgIpc) is 2.25. The van der Waals surface area contributed by atoms with Crippen LogP contribution in [0.1, 0.15) is 37.7 Å². The summed E-state index contributed by atoms with van der Waals surface area (Å²) in [5, 5.41) is 1.53. The van der Waals surface area contributed by atoms with Crippen molar-refractivity contribution in [2.24, 2.45) is 11.7 Å². The molecule has 1 saturated carbocycles. The van der Waals surface area contributed by atoms with E-state index < -0.39 is 0 Å². The smallest absolute Gasteiger partial charge is 0.0442 e. The first-order valence-corrected chi connectivity index (χ1v) is 6.54. The summed E-state index contributed by atoms with van der Waals surface area (Å²) >= 11 is 12.2. The molecule has 0 heterocycles. The Morgan fingerprint density at radius 3 is 2.75 bits per heavy atom. The number of hydrogen-bond donors (Lipinski definition) is 1. The molecule has 0 spiro atoms. The van der Waals surface area contributed by atoms with E-state index in [1.807, 2.05) is 18.2 Å². The number of nitrogens with two attached hydrogens (primary N) is 1. The van der Waals surface area contributed by atoms with E-state index in [-0.39, 0.29) is 6.04 Å². The van der Waals surface area contributed by atoms with Gasteiger partial charge >= 0.3 is 0 Å². The van der Waals surface area contributed by atoms with Gasteiger partial charge in [0.25, 0.3) is 0 Å². The average molecular weight is 258 g/mol. The van der Waals surface area contributed by atoms with Crippen LogP contribution in [-0.2, 0) is 0 Å². The summed E-state index contributed by atoms with van der Waals surface area (Å²) < 4.78 is 0. The third-order valence-electron chi connectivity index (χ3n) is 3.52. The predicted molar refractivity (Wildman–Crippen MR) is 70.2 cm³/mol. The predicted octanol–water partition coefficient (Wildman–Crippen LogP) is 4.22. The summed E-state index contributed by atoms with van der Waals surface area (Å²) in [6.45, 7) is 2.28. The van der Waals surface area contributed by atoms with Crippen LogP contribution in [0.5, 0.6) is 0 Å². The molecular formula is C13H17Cl2N. The van der Waals surface area contributed by atoms with Gasteiger partial charge in [0.1, 0.15) is 0 Å². The molecule has 0 aliphatic heterocycles. The third kappa shape index (κ3) is 2.53. The Hall–Kier alpha value is -0.240. The molecule has 3 atom stereocenters. The van der Waals surface area contributed by atoms with Crippen LogP contribution in [0.4, 0.5) is 0 Å². The zero-order valence-electron chi connectivity index (χ0n) is 9.42. The molecule has 3 unspecified atom stereocenters. The van der Waals surface area contributed by atoms with Gasteiger partial charge in [-0.15, -0.1) is 0 Å². The Bertz CT molecular complexity index is 378. The summed E-state index contributed by atoms with van der Waals surface area (Å²) in [5.74, 6) is 1.08. The third-order valence-corrected chi connectivity index (χ3v) is 4.10. The molecule has 2 rings (SSSR count). The zero-order valence-corrected chi connectivity index (χ0v) is 10.9. The minimum atomic E-state index is 0.215. The highest BCUT2D eigenvalue weighted by molar-refractivity contribution is 6.33. The maximum absolute atomic E-state index is 6.23. The Kier molecular flexibility index (Phi) is 3.78. The van der Waals surface area contributed by atoms with Gasteiger partial charge in [-0.3, -0.25) is 0 Å². The molecule has 0 radical (unpaired) electrons. The normalized spacial score (nSPS) is 30.4. The van der Waals surface area contributed by atoms with Crippen molar-refractivity contribution in [3.63, 3.8) is 0 Å². The van der Waals surface area contributed by atoms with Gasteiger partial charge in [-0.05, 0) is 48.9 Å². The van der Waals surface area contributed by atoms with Gasteiger partial charge in [0.15, 0.2) is 0 Å². The fraction of sp³-hybridized carbons (Fsp3) is 0.538. The second-order valence-electron chi connectivity index (χ2n) is 4.85. The van der Waals surface area contributed by atoms with E-state index >= 15 is 0 Å². The minimum absolute atomic E-state index is 0.215. The fourth-order valence-electron chi connectivity index (χ4n) is 2.56. The van der Waals surface area contributed by atoms with Gasteiger partial charge in [-0.25, -0.2) is 0 Å². The van der Waals surface area contributed by atoms with E-state index in [2.05, 4.69) is 6.92 Å². The number of benzene rings is 1. The molecule has 2 N–H and O–H groups in total. The number of hydrogen-bond acceptors (Lipinski definition) is 1. The molecule has 16 heavy (non-hydrogen) atoms. The first kappa shape index (κ1) is 12.2. The SMILES string of the molecule is CC1CCC(N)C(c2cc(Cl)ccc2Cl)C1. The van der Waals surface area contributed by atoms with Crippen LogP contribution < -0.4 is 5.73 Å². The van der Waals surface area contributed by atoms with Crippen molar-refractivity contribution in [3.8, 4) is 0 Å². The number of halogens is 2. The van der Waals surface area contributed by atoms with Crippen LogP contribution in [0.2, 0.25) is 10.0 Å². The van der Waals surface area contributed by atoms with Gasteiger partial charge in [0.2, 0.25) is 0 Å². The summed E-state index contributed by atoms with van der Waals surface area (Å²) in [6.07, 6.45) is 3.41. The van der Waals surface area contributed by atoms with Crippen LogP contribution in [0.25, 0.3) is 0 Å². The molecule has 1 aliphatic carbocycles. The molecule has 1 nitrogen and oxygen atoms in total. The second-order valence-corrected chi connectivity index (χ2v) is 5.70. The highest BCUT2D eigenvalue weighted by atomic mass is 35.5. The van der Waals surface area contributed by atoms with E-state index in [0.29, 0.717) is 5.92 Å². The van der Waals surface area contributed by atoms with Crippen LogP contribution >= 0.6 is 23.2 Å². The van der Waals surface area contributed by atoms with Crippen molar-refractivity contribution in [1.82, 2.24) is 0 Å². The van der Waals surface area contributed by atoms with E-state index in [1.165, 1.54) is 6.42 Å². The maximum Gasteiger partial charge on any atom is 0.0442 e. The molecule has 88 valence electrons. The lowest BCUT2D eigenvalue weighted by atomic mass is 9.76. The van der Waals surface area contributed by atoms with E-state index in [4.69, 9.17) is 28.9 Å². The van der Waals surface area contributed by atoms with Crippen LogP contribution in [0.3, 0.4) is 0 Å². The lowest BCUT2D eigenvalue weighted by molar-refractivity contribution is 0.306. The molecule has 1 fully saturated rings. The van der Waals surface area contributed by atoms with Crippen molar-refractivity contribution < 1.29 is 0 Å². The summed E-state index contributed by atoms with van der Waals surface area (Å²) in [7, 11) is 0. The van der Waals surface area contributed by atoms with Gasteiger partial charge in [0, 0.05) is 22.0 Å². The minimum Gasteiger partial charge on any atom is -0.327 e. The van der Waals surface area contributed by atoms with Gasteiger partial charge in [-0.2, -0.15) is 0 Å². The van der Waals surface area contributed by atoms with Crippen molar-refractivity contribution >= 4 is 23.2 Å². The molecule has 1 aliphatic rings. The van der Waals surface area contributed by atoms with Crippen molar-refractivity contribution in [3.05, 3.63) is 33.8 Å². The highest BCUT2D eigenvalue weighted by Crippen LogP contribution is 2.39. The van der Waals surface area contributed by atoms with Crippen molar-refractivity contribution in [2.75, 3.05) is 0 Å². The Labute approximate surface area is 107 Å². The summed E-state index contributed by atoms with van der Waals surface area (Å²) in [4.78, 5) is 0. The quantitative estimate of drug-likeness (QED) is 0.801. The fourth-order valence-corrected chi connectivity index (χ4v) is 3.00. The van der Waals surface area contributed by atoms with E-state index in [0.717, 1.165) is 34.4 Å². The molecule has 3 heteroatoms. The molecule has 1 aromatic carbocycles. The largest absolute Gasteiger partial charge is 0.327 e. The zero-order chi connectivity index (χ0) is 11.7. The first-order chi connectivity index (χ1) is 7.58. The summed E-state index contributed by atoms with van der Waals surface area (Å²) in [6, 6.07) is 5.87. The first-order valence-electron chi connectivity index (χ1n) is 5.78. The Morgan fingerprint density at radius 2 is 2.00 bits per heavy atom. The number of rotatable bonds is 1. The van der Waals surface area contributed by atoms with E-state index in [9.17, 15) is 0 Å². The van der Waals surface area contributed by atoms with Gasteiger partial charge < -0.3 is 5.73 Å². The molecule has 0 amide bonds. The van der Waals surface area contributed by atoms with Gasteiger partial charge in [0.05, 0.1) is 0 Å². The molecule has 0 bridgehead atoms. The molecule has 0 aromatic heterocycles. The summed E-state index contributed by atoms with van der Waals surface area (Å²) in [5.41, 5.74) is 7.31. The standard InChI is InChI=1S/C13H17Cl2N/c1-8-2-5-13(16)11(6-8)10-7-9(14)3-4-12(10)15/h3-4,7-8,11,13H,2,5-6,16H2,1H3. The lowest BCUT2D eigenvalue weighted by Crippen LogP contribution is -2.34. The van der Waals surface area contributed by atoms with Crippen molar-refractivity contribution in [2.45, 2.75) is 38.1 Å². The Morgan fingerprint density at radius 1 is 1.25 bits per heavy atom. The monoisotopic (exact) mass is 257 g/mol. The highest BCUT2D eigenvalue weighted by Gasteiger charge is 2.28. The van der Waals surface area contributed by atoms with Gasteiger partial charge in [-0.1, -0.05) is 30.1 Å². The van der Waals surface area contributed by atoms with Crippen LogP contribution in [0, 0.1) is 5.92 Å². The Balaban J connectivity index is 2.30. The molecule has 1 aromatic rings. The van der Waals surface area contributed by atoms with Crippen molar-refractivity contribution in [1.29, 1.82) is 0 Å². The van der Waals surface area contributed by atoms with E-state index in [1.54, 1.807) is 0 Å². The second kappa shape index (κ2) is 4.95. The maximum atomic E-state index is 6.23. The lowest BCUT2D eigenvalue weighted by Gasteiger charge is -2.33. The molecular weight excluding hydrogens is 241 g/mol. The van der Waals surface area contributed by atoms with Crippen LogP contribution in [-0.4, -0.2) is 6.04 Å². The van der Waals surface area contributed by atoms with Crippen LogP contribution in [0.15, 0.2) is 18.2 Å². The topological polar surface area (TPSA) is 26.0 Å². The molecule has 0 saturated heterocycles.